The SMILES string of the molecule is COc1ccc(-c2cc(-c3nn4c(-c5ccccc5)nnc4s3)[nH]n2)cc1. The molecule has 0 aliphatic carbocycles. The molecule has 0 atom stereocenters. The second kappa shape index (κ2) is 6.33. The van der Waals surface area contributed by atoms with Crippen LogP contribution in [0, 0.1) is 0 Å². The fraction of sp³-hybridized carbons (Fsp3) is 0.0526. The molecule has 0 bridgehead atoms. The summed E-state index contributed by atoms with van der Waals surface area (Å²) in [6, 6.07) is 19.7. The lowest BCUT2D eigenvalue weighted by atomic mass is 10.1. The predicted octanol–water partition coefficient (Wildman–Crippen LogP) is 3.92. The second-order valence-electron chi connectivity index (χ2n) is 5.89. The number of ether oxygens (including phenoxy) is 1. The number of rotatable bonds is 4. The fourth-order valence-corrected chi connectivity index (χ4v) is 3.64. The molecule has 132 valence electrons. The number of nitrogens with one attached hydrogen (secondary N) is 1. The summed E-state index contributed by atoms with van der Waals surface area (Å²) in [5.41, 5.74) is 3.67. The zero-order chi connectivity index (χ0) is 18.2. The average Bonchev–Trinajstić information content (AvgIpc) is 3.44. The Kier molecular flexibility index (Phi) is 3.68. The molecule has 0 aliphatic heterocycles. The summed E-state index contributed by atoms with van der Waals surface area (Å²) in [5, 5.41) is 21.5. The van der Waals surface area contributed by atoms with Crippen LogP contribution in [-0.4, -0.2) is 37.1 Å². The van der Waals surface area contributed by atoms with Crippen LogP contribution in [0.15, 0.2) is 60.7 Å². The van der Waals surface area contributed by atoms with Crippen molar-refractivity contribution in [1.82, 2.24) is 30.0 Å². The lowest BCUT2D eigenvalue weighted by Gasteiger charge is -1.99. The van der Waals surface area contributed by atoms with E-state index in [1.54, 1.807) is 11.6 Å². The zero-order valence-corrected chi connectivity index (χ0v) is 15.1. The Morgan fingerprint density at radius 3 is 2.56 bits per heavy atom. The third kappa shape index (κ3) is 2.76. The van der Waals surface area contributed by atoms with Crippen LogP contribution in [0.3, 0.4) is 0 Å². The van der Waals surface area contributed by atoms with E-state index in [4.69, 9.17) is 4.74 Å². The van der Waals surface area contributed by atoms with Gasteiger partial charge in [0.1, 0.15) is 5.75 Å². The number of nitrogens with zero attached hydrogens (tertiary/aromatic N) is 5. The lowest BCUT2D eigenvalue weighted by Crippen LogP contribution is -1.90. The van der Waals surface area contributed by atoms with Gasteiger partial charge in [0.05, 0.1) is 18.5 Å². The summed E-state index contributed by atoms with van der Waals surface area (Å²) in [7, 11) is 1.65. The number of aromatic amines is 1. The summed E-state index contributed by atoms with van der Waals surface area (Å²) in [5.74, 6) is 1.54. The molecule has 2 aromatic carbocycles. The second-order valence-corrected chi connectivity index (χ2v) is 6.84. The molecule has 8 heteroatoms. The quantitative estimate of drug-likeness (QED) is 0.516. The molecule has 7 nitrogen and oxygen atoms in total. The van der Waals surface area contributed by atoms with Crippen molar-refractivity contribution in [1.29, 1.82) is 0 Å². The first-order valence-corrected chi connectivity index (χ1v) is 9.11. The van der Waals surface area contributed by atoms with Gasteiger partial charge in [-0.2, -0.15) is 14.7 Å². The van der Waals surface area contributed by atoms with Crippen molar-refractivity contribution in [2.24, 2.45) is 0 Å². The van der Waals surface area contributed by atoms with Gasteiger partial charge in [0.2, 0.25) is 4.96 Å². The molecule has 0 fully saturated rings. The van der Waals surface area contributed by atoms with Crippen molar-refractivity contribution in [3.05, 3.63) is 60.7 Å². The van der Waals surface area contributed by atoms with Crippen molar-refractivity contribution in [3.8, 4) is 39.1 Å². The number of hydrogen-bond acceptors (Lipinski definition) is 6. The molecular formula is C19H14N6OS. The van der Waals surface area contributed by atoms with Crippen molar-refractivity contribution in [2.75, 3.05) is 7.11 Å². The molecule has 0 amide bonds. The van der Waals surface area contributed by atoms with E-state index in [9.17, 15) is 0 Å². The van der Waals surface area contributed by atoms with Crippen LogP contribution >= 0.6 is 11.3 Å². The summed E-state index contributed by atoms with van der Waals surface area (Å²) in [6.07, 6.45) is 0. The van der Waals surface area contributed by atoms with Gasteiger partial charge in [-0.05, 0) is 30.3 Å². The van der Waals surface area contributed by atoms with Gasteiger partial charge >= 0.3 is 0 Å². The van der Waals surface area contributed by atoms with Gasteiger partial charge in [0.25, 0.3) is 0 Å². The van der Waals surface area contributed by atoms with Gasteiger partial charge < -0.3 is 4.74 Å². The number of methoxy groups -OCH3 is 1. The molecule has 0 unspecified atom stereocenters. The van der Waals surface area contributed by atoms with Crippen molar-refractivity contribution >= 4 is 16.3 Å². The summed E-state index contributed by atoms with van der Waals surface area (Å²) >= 11 is 1.47. The Bertz CT molecular complexity index is 1210. The average molecular weight is 374 g/mol. The highest BCUT2D eigenvalue weighted by Gasteiger charge is 2.16. The maximum Gasteiger partial charge on any atom is 0.235 e. The van der Waals surface area contributed by atoms with E-state index in [-0.39, 0.29) is 0 Å². The Morgan fingerprint density at radius 1 is 0.963 bits per heavy atom. The van der Waals surface area contributed by atoms with Crippen LogP contribution in [-0.2, 0) is 0 Å². The molecule has 0 radical (unpaired) electrons. The smallest absolute Gasteiger partial charge is 0.235 e. The highest BCUT2D eigenvalue weighted by molar-refractivity contribution is 7.19. The Hall–Kier alpha value is -3.52. The number of fused-ring (bicyclic) bond motifs is 1. The van der Waals surface area contributed by atoms with Gasteiger partial charge in [-0.3, -0.25) is 5.10 Å². The van der Waals surface area contributed by atoms with E-state index in [2.05, 4.69) is 25.5 Å². The monoisotopic (exact) mass is 374 g/mol. The van der Waals surface area contributed by atoms with E-state index in [1.807, 2.05) is 60.7 Å². The Labute approximate surface area is 158 Å². The van der Waals surface area contributed by atoms with E-state index < -0.39 is 0 Å². The largest absolute Gasteiger partial charge is 0.497 e. The molecule has 3 aromatic heterocycles. The minimum atomic E-state index is 0.725. The topological polar surface area (TPSA) is 81.0 Å². The molecule has 27 heavy (non-hydrogen) atoms. The van der Waals surface area contributed by atoms with Crippen LogP contribution in [0.4, 0.5) is 0 Å². The summed E-state index contributed by atoms with van der Waals surface area (Å²) in [4.78, 5) is 0.740. The maximum absolute atomic E-state index is 5.20. The van der Waals surface area contributed by atoms with Crippen LogP contribution in [0.1, 0.15) is 0 Å². The molecule has 5 aromatic rings. The molecule has 1 N–H and O–H groups in total. The standard InChI is InChI=1S/C19H14N6OS/c1-26-14-9-7-12(8-10-14)15-11-16(21-20-15)18-24-25-17(22-23-19(25)27-18)13-5-3-2-4-6-13/h2-11H,1H3,(H,20,21). The van der Waals surface area contributed by atoms with Crippen LogP contribution in [0.5, 0.6) is 5.75 Å². The van der Waals surface area contributed by atoms with Crippen LogP contribution in [0.2, 0.25) is 0 Å². The van der Waals surface area contributed by atoms with Crippen molar-refractivity contribution < 1.29 is 4.74 Å². The summed E-state index contributed by atoms with van der Waals surface area (Å²) < 4.78 is 6.97. The first-order chi connectivity index (χ1) is 13.3. The van der Waals surface area contributed by atoms with Crippen LogP contribution < -0.4 is 4.74 Å². The molecule has 0 saturated heterocycles. The highest BCUT2D eigenvalue weighted by Crippen LogP contribution is 2.29. The summed E-state index contributed by atoms with van der Waals surface area (Å²) in [6.45, 7) is 0. The first-order valence-electron chi connectivity index (χ1n) is 8.30. The van der Waals surface area contributed by atoms with E-state index in [1.165, 1.54) is 11.3 Å². The molecular weight excluding hydrogens is 360 g/mol. The maximum atomic E-state index is 5.20. The van der Waals surface area contributed by atoms with E-state index in [0.717, 1.165) is 44.1 Å². The molecule has 5 rings (SSSR count). The van der Waals surface area contributed by atoms with Gasteiger partial charge in [0, 0.05) is 11.1 Å². The minimum absolute atomic E-state index is 0.725. The third-order valence-electron chi connectivity index (χ3n) is 4.22. The minimum Gasteiger partial charge on any atom is -0.497 e. The van der Waals surface area contributed by atoms with Gasteiger partial charge in [-0.15, -0.1) is 10.2 Å². The Balaban J connectivity index is 1.51. The molecule has 0 saturated carbocycles. The first kappa shape index (κ1) is 15.7. The van der Waals surface area contributed by atoms with Gasteiger partial charge in [-0.1, -0.05) is 41.7 Å². The zero-order valence-electron chi connectivity index (χ0n) is 14.3. The number of hydrogen-bond donors (Lipinski definition) is 1. The molecule has 0 spiro atoms. The predicted molar refractivity (Wildman–Crippen MR) is 104 cm³/mol. The van der Waals surface area contributed by atoms with E-state index >= 15 is 0 Å². The Morgan fingerprint density at radius 2 is 1.78 bits per heavy atom. The number of H-pyrrole nitrogens is 1. The fourth-order valence-electron chi connectivity index (χ4n) is 2.83. The lowest BCUT2D eigenvalue weighted by molar-refractivity contribution is 0.415. The molecule has 0 aliphatic rings. The highest BCUT2D eigenvalue weighted by atomic mass is 32.1. The molecule has 3 heterocycles. The third-order valence-corrected chi connectivity index (χ3v) is 5.15. The van der Waals surface area contributed by atoms with Crippen molar-refractivity contribution in [3.63, 3.8) is 0 Å². The van der Waals surface area contributed by atoms with Crippen LogP contribution in [0.25, 0.3) is 38.3 Å². The number of benzene rings is 2. The van der Waals surface area contributed by atoms with Crippen molar-refractivity contribution in [2.45, 2.75) is 0 Å². The van der Waals surface area contributed by atoms with E-state index in [0.29, 0.717) is 0 Å². The van der Waals surface area contributed by atoms with Gasteiger partial charge in [-0.25, -0.2) is 0 Å². The normalized spacial score (nSPS) is 11.1. The number of aromatic nitrogens is 6. The van der Waals surface area contributed by atoms with Gasteiger partial charge in [0.15, 0.2) is 10.8 Å².